The maximum Gasteiger partial charge on any atom is 0.260 e. The van der Waals surface area contributed by atoms with E-state index in [-0.39, 0.29) is 5.91 Å². The Morgan fingerprint density at radius 1 is 1.29 bits per heavy atom. The van der Waals surface area contributed by atoms with E-state index in [0.29, 0.717) is 27.5 Å². The zero-order valence-corrected chi connectivity index (χ0v) is 12.1. The molecule has 0 aliphatic heterocycles. The van der Waals surface area contributed by atoms with E-state index in [2.05, 4.69) is 5.43 Å². The number of benzene rings is 2. The summed E-state index contributed by atoms with van der Waals surface area (Å²) in [5.41, 5.74) is 4.54. The average molecular weight is 301 g/mol. The van der Waals surface area contributed by atoms with Crippen molar-refractivity contribution in [3.8, 4) is 6.07 Å². The molecule has 0 spiro atoms. The zero-order valence-electron chi connectivity index (χ0n) is 11.3. The topological polar surface area (TPSA) is 82.2 Å². The quantitative estimate of drug-likeness (QED) is 0.674. The maximum atomic E-state index is 12.5. The second-order valence-electron chi connectivity index (χ2n) is 4.36. The number of nitrogens with zero attached hydrogens (tertiary/aromatic N) is 2. The molecule has 0 aliphatic rings. The lowest BCUT2D eigenvalue weighted by molar-refractivity contribution is 0.0993. The van der Waals surface area contributed by atoms with Crippen LogP contribution in [0.3, 0.4) is 0 Å². The third kappa shape index (κ3) is 3.14. The van der Waals surface area contributed by atoms with Crippen LogP contribution < -0.4 is 16.2 Å². The number of amides is 1. The van der Waals surface area contributed by atoms with E-state index >= 15 is 0 Å². The van der Waals surface area contributed by atoms with Gasteiger partial charge in [0.2, 0.25) is 0 Å². The van der Waals surface area contributed by atoms with E-state index in [0.717, 1.165) is 0 Å². The van der Waals surface area contributed by atoms with Crippen LogP contribution in [0.1, 0.15) is 15.9 Å². The number of nitrogens with two attached hydrogens (primary N) is 1. The molecule has 6 heteroatoms. The lowest BCUT2D eigenvalue weighted by atomic mass is 10.1. The molecule has 0 heterocycles. The molecule has 3 N–H and O–H groups in total. The number of nitrogen functional groups attached to an aromatic ring is 1. The van der Waals surface area contributed by atoms with Gasteiger partial charge >= 0.3 is 0 Å². The van der Waals surface area contributed by atoms with Gasteiger partial charge in [-0.3, -0.25) is 10.6 Å². The molecule has 0 bridgehead atoms. The molecule has 2 rings (SSSR count). The van der Waals surface area contributed by atoms with Gasteiger partial charge in [0.25, 0.3) is 5.91 Å². The normalized spacial score (nSPS) is 9.81. The van der Waals surface area contributed by atoms with E-state index in [4.69, 9.17) is 22.7 Å². The highest BCUT2D eigenvalue weighted by molar-refractivity contribution is 6.31. The minimum Gasteiger partial charge on any atom is -0.323 e. The first-order valence-electron chi connectivity index (χ1n) is 6.11. The lowest BCUT2D eigenvalue weighted by Crippen LogP contribution is -2.27. The molecule has 21 heavy (non-hydrogen) atoms. The van der Waals surface area contributed by atoms with Crippen LogP contribution in [0.4, 0.5) is 11.4 Å². The SMILES string of the molecule is CN(C(=O)c1cc(Cl)ccc1NN)c1ccc(C#N)cc1. The Kier molecular flexibility index (Phi) is 4.43. The lowest BCUT2D eigenvalue weighted by Gasteiger charge is -2.19. The standard InChI is InChI=1S/C15H13ClN4O/c1-20(12-5-2-10(9-17)3-6-12)15(21)13-8-11(16)4-7-14(13)19-18/h2-8,19H,18H2,1H3. The number of nitrogens with one attached hydrogen (secondary N) is 1. The molecule has 106 valence electrons. The van der Waals surface area contributed by atoms with Crippen molar-refractivity contribution < 1.29 is 4.79 Å². The number of rotatable bonds is 3. The van der Waals surface area contributed by atoms with Gasteiger partial charge in [-0.05, 0) is 42.5 Å². The van der Waals surface area contributed by atoms with Crippen molar-refractivity contribution in [2.24, 2.45) is 5.84 Å². The summed E-state index contributed by atoms with van der Waals surface area (Å²) in [6.07, 6.45) is 0. The average Bonchev–Trinajstić information content (AvgIpc) is 2.53. The van der Waals surface area contributed by atoms with Crippen molar-refractivity contribution in [3.63, 3.8) is 0 Å². The molecule has 0 aromatic heterocycles. The second kappa shape index (κ2) is 6.27. The summed E-state index contributed by atoms with van der Waals surface area (Å²) in [5.74, 6) is 5.16. The summed E-state index contributed by atoms with van der Waals surface area (Å²) in [6.45, 7) is 0. The zero-order chi connectivity index (χ0) is 15.4. The Hall–Kier alpha value is -2.55. The van der Waals surface area contributed by atoms with Crippen LogP contribution >= 0.6 is 11.6 Å². The number of hydrogen-bond acceptors (Lipinski definition) is 4. The summed E-state index contributed by atoms with van der Waals surface area (Å²) < 4.78 is 0. The number of nitriles is 1. The van der Waals surface area contributed by atoms with Crippen LogP contribution in [0.5, 0.6) is 0 Å². The van der Waals surface area contributed by atoms with Crippen LogP contribution in [0.2, 0.25) is 5.02 Å². The van der Waals surface area contributed by atoms with Gasteiger partial charge in [0, 0.05) is 17.8 Å². The third-order valence-corrected chi connectivity index (χ3v) is 3.29. The summed E-state index contributed by atoms with van der Waals surface area (Å²) in [5, 5.41) is 9.24. The Morgan fingerprint density at radius 3 is 2.52 bits per heavy atom. The van der Waals surface area contributed by atoms with Crippen LogP contribution in [0, 0.1) is 11.3 Å². The Morgan fingerprint density at radius 2 is 1.95 bits per heavy atom. The van der Waals surface area contributed by atoms with Gasteiger partial charge in [-0.25, -0.2) is 0 Å². The number of anilines is 2. The van der Waals surface area contributed by atoms with Gasteiger partial charge in [-0.2, -0.15) is 5.26 Å². The fraction of sp³-hybridized carbons (Fsp3) is 0.0667. The predicted molar refractivity (Wildman–Crippen MR) is 83.2 cm³/mol. The van der Waals surface area contributed by atoms with E-state index in [1.807, 2.05) is 6.07 Å². The van der Waals surface area contributed by atoms with E-state index in [1.54, 1.807) is 49.5 Å². The maximum absolute atomic E-state index is 12.5. The highest BCUT2D eigenvalue weighted by atomic mass is 35.5. The minimum absolute atomic E-state index is 0.254. The largest absolute Gasteiger partial charge is 0.323 e. The van der Waals surface area contributed by atoms with Gasteiger partial charge in [0.1, 0.15) is 0 Å². The number of halogens is 1. The van der Waals surface area contributed by atoms with Gasteiger partial charge in [0.05, 0.1) is 22.9 Å². The first kappa shape index (κ1) is 14.9. The second-order valence-corrected chi connectivity index (χ2v) is 4.79. The van der Waals surface area contributed by atoms with Crippen LogP contribution in [0.15, 0.2) is 42.5 Å². The van der Waals surface area contributed by atoms with Crippen molar-refractivity contribution in [3.05, 3.63) is 58.6 Å². The molecule has 2 aromatic rings. The number of hydrogen-bond donors (Lipinski definition) is 2. The van der Waals surface area contributed by atoms with Crippen LogP contribution in [-0.2, 0) is 0 Å². The van der Waals surface area contributed by atoms with Gasteiger partial charge in [-0.15, -0.1) is 0 Å². The Balaban J connectivity index is 2.34. The van der Waals surface area contributed by atoms with Gasteiger partial charge in [0.15, 0.2) is 0 Å². The minimum atomic E-state index is -0.254. The molecule has 0 fully saturated rings. The summed E-state index contributed by atoms with van der Waals surface area (Å²) in [6, 6.07) is 13.6. The molecule has 1 amide bonds. The van der Waals surface area contributed by atoms with Crippen LogP contribution in [0.25, 0.3) is 0 Å². The number of hydrazine groups is 1. The van der Waals surface area contributed by atoms with Crippen LogP contribution in [-0.4, -0.2) is 13.0 Å². The number of carbonyl (C=O) groups is 1. The first-order chi connectivity index (χ1) is 10.1. The molecule has 2 aromatic carbocycles. The Bertz CT molecular complexity index is 707. The molecule has 0 saturated carbocycles. The highest BCUT2D eigenvalue weighted by Gasteiger charge is 2.17. The molecule has 0 radical (unpaired) electrons. The van der Waals surface area contributed by atoms with Gasteiger partial charge < -0.3 is 10.3 Å². The molecule has 0 unspecified atom stereocenters. The van der Waals surface area contributed by atoms with Crippen molar-refractivity contribution >= 4 is 28.9 Å². The fourth-order valence-corrected chi connectivity index (χ4v) is 2.05. The highest BCUT2D eigenvalue weighted by Crippen LogP contribution is 2.23. The van der Waals surface area contributed by atoms with Crippen molar-refractivity contribution in [1.29, 1.82) is 5.26 Å². The molecule has 0 atom stereocenters. The monoisotopic (exact) mass is 300 g/mol. The van der Waals surface area contributed by atoms with E-state index in [9.17, 15) is 4.79 Å². The fourth-order valence-electron chi connectivity index (χ4n) is 1.88. The predicted octanol–water partition coefficient (Wildman–Crippen LogP) is 2.77. The molecular formula is C15H13ClN4O. The summed E-state index contributed by atoms with van der Waals surface area (Å²) >= 11 is 5.93. The molecule has 0 saturated heterocycles. The first-order valence-corrected chi connectivity index (χ1v) is 6.49. The van der Waals surface area contributed by atoms with E-state index in [1.165, 1.54) is 4.90 Å². The van der Waals surface area contributed by atoms with E-state index < -0.39 is 0 Å². The van der Waals surface area contributed by atoms with Crippen molar-refractivity contribution in [2.45, 2.75) is 0 Å². The Labute approximate surface area is 127 Å². The molecule has 0 aliphatic carbocycles. The van der Waals surface area contributed by atoms with Crippen molar-refractivity contribution in [2.75, 3.05) is 17.4 Å². The van der Waals surface area contributed by atoms with Gasteiger partial charge in [-0.1, -0.05) is 11.6 Å². The molecular weight excluding hydrogens is 288 g/mol. The summed E-state index contributed by atoms with van der Waals surface area (Å²) in [4.78, 5) is 14.0. The number of carbonyl (C=O) groups excluding carboxylic acids is 1. The summed E-state index contributed by atoms with van der Waals surface area (Å²) in [7, 11) is 1.64. The third-order valence-electron chi connectivity index (χ3n) is 3.06. The van der Waals surface area contributed by atoms with Crippen molar-refractivity contribution in [1.82, 2.24) is 0 Å². The smallest absolute Gasteiger partial charge is 0.260 e. The molecule has 5 nitrogen and oxygen atoms in total.